The molecule has 0 bridgehead atoms. The van der Waals surface area contributed by atoms with Gasteiger partial charge in [-0.25, -0.2) is 4.98 Å². The van der Waals surface area contributed by atoms with Crippen LogP contribution in [0.2, 0.25) is 0 Å². The van der Waals surface area contributed by atoms with Crippen LogP contribution in [-0.2, 0) is 11.2 Å². The number of hydrogen-bond donors (Lipinski definition) is 1. The van der Waals surface area contributed by atoms with Gasteiger partial charge in [0.25, 0.3) is 0 Å². The SMILES string of the molecule is COc1cccc(CC(=O)NC(C)c2ccc(-n3ccnc3)cc2)c1. The first-order valence-electron chi connectivity index (χ1n) is 8.16. The zero-order valence-electron chi connectivity index (χ0n) is 14.3. The van der Waals surface area contributed by atoms with E-state index < -0.39 is 0 Å². The standard InChI is InChI=1S/C20H21N3O2/c1-15(17-6-8-18(9-7-17)23-11-10-21-14-23)22-20(24)13-16-4-3-5-19(12-16)25-2/h3-12,14-15H,13H2,1-2H3,(H,22,24). The molecule has 0 aliphatic rings. The maximum atomic E-state index is 12.3. The molecule has 0 fully saturated rings. The number of carbonyl (C=O) groups excluding carboxylic acids is 1. The molecule has 0 aliphatic carbocycles. The molecule has 1 atom stereocenters. The number of carbonyl (C=O) groups is 1. The normalized spacial score (nSPS) is 11.8. The van der Waals surface area contributed by atoms with E-state index in [1.165, 1.54) is 0 Å². The van der Waals surface area contributed by atoms with Gasteiger partial charge in [0.2, 0.25) is 5.91 Å². The van der Waals surface area contributed by atoms with Crippen molar-refractivity contribution in [2.45, 2.75) is 19.4 Å². The highest BCUT2D eigenvalue weighted by molar-refractivity contribution is 5.79. The summed E-state index contributed by atoms with van der Waals surface area (Å²) < 4.78 is 7.13. The van der Waals surface area contributed by atoms with Crippen molar-refractivity contribution < 1.29 is 9.53 Å². The van der Waals surface area contributed by atoms with Crippen molar-refractivity contribution in [3.8, 4) is 11.4 Å². The fourth-order valence-corrected chi connectivity index (χ4v) is 2.69. The van der Waals surface area contributed by atoms with Gasteiger partial charge in [0, 0.05) is 18.1 Å². The summed E-state index contributed by atoms with van der Waals surface area (Å²) in [5, 5.41) is 3.04. The second-order valence-corrected chi connectivity index (χ2v) is 5.88. The monoisotopic (exact) mass is 335 g/mol. The van der Waals surface area contributed by atoms with Crippen LogP contribution in [0.4, 0.5) is 0 Å². The Hall–Kier alpha value is -3.08. The van der Waals surface area contributed by atoms with Crippen LogP contribution in [0.3, 0.4) is 0 Å². The van der Waals surface area contributed by atoms with Crippen LogP contribution >= 0.6 is 0 Å². The Morgan fingerprint density at radius 2 is 2.04 bits per heavy atom. The highest BCUT2D eigenvalue weighted by Crippen LogP contribution is 2.17. The first-order valence-corrected chi connectivity index (χ1v) is 8.16. The highest BCUT2D eigenvalue weighted by Gasteiger charge is 2.11. The fraction of sp³-hybridized carbons (Fsp3) is 0.200. The second kappa shape index (κ2) is 7.66. The molecule has 25 heavy (non-hydrogen) atoms. The Morgan fingerprint density at radius 1 is 1.24 bits per heavy atom. The number of ether oxygens (including phenoxy) is 1. The van der Waals surface area contributed by atoms with Crippen LogP contribution in [0, 0.1) is 0 Å². The number of rotatable bonds is 6. The van der Waals surface area contributed by atoms with Crippen molar-refractivity contribution in [2.75, 3.05) is 7.11 Å². The smallest absolute Gasteiger partial charge is 0.224 e. The van der Waals surface area contributed by atoms with E-state index >= 15 is 0 Å². The van der Waals surface area contributed by atoms with Crippen molar-refractivity contribution >= 4 is 5.91 Å². The van der Waals surface area contributed by atoms with Crippen molar-refractivity contribution in [3.05, 3.63) is 78.4 Å². The average Bonchev–Trinajstić information content (AvgIpc) is 3.16. The van der Waals surface area contributed by atoms with Crippen molar-refractivity contribution in [2.24, 2.45) is 0 Å². The number of hydrogen-bond acceptors (Lipinski definition) is 3. The molecule has 0 aliphatic heterocycles. The third kappa shape index (κ3) is 4.26. The average molecular weight is 335 g/mol. The summed E-state index contributed by atoms with van der Waals surface area (Å²) in [5.41, 5.74) is 3.03. The van der Waals surface area contributed by atoms with Crippen LogP contribution in [0.25, 0.3) is 5.69 Å². The minimum absolute atomic E-state index is 0.0144. The molecule has 0 radical (unpaired) electrons. The number of nitrogens with zero attached hydrogens (tertiary/aromatic N) is 2. The lowest BCUT2D eigenvalue weighted by molar-refractivity contribution is -0.121. The lowest BCUT2D eigenvalue weighted by Crippen LogP contribution is -2.28. The zero-order valence-corrected chi connectivity index (χ0v) is 14.3. The minimum atomic E-state index is -0.0602. The Labute approximate surface area is 147 Å². The largest absolute Gasteiger partial charge is 0.497 e. The molecule has 0 saturated carbocycles. The topological polar surface area (TPSA) is 56.1 Å². The first kappa shape index (κ1) is 16.8. The number of aromatic nitrogens is 2. The van der Waals surface area contributed by atoms with Crippen molar-refractivity contribution in [3.63, 3.8) is 0 Å². The van der Waals surface area contributed by atoms with Gasteiger partial charge in [-0.05, 0) is 42.3 Å². The molecule has 1 amide bonds. The molecule has 2 aromatic carbocycles. The van der Waals surface area contributed by atoms with Crippen molar-refractivity contribution in [1.82, 2.24) is 14.9 Å². The molecule has 5 nitrogen and oxygen atoms in total. The molecule has 3 aromatic rings. The van der Waals surface area contributed by atoms with Gasteiger partial charge >= 0.3 is 0 Å². The lowest BCUT2D eigenvalue weighted by atomic mass is 10.1. The number of imidazole rings is 1. The van der Waals surface area contributed by atoms with Crippen LogP contribution in [0.5, 0.6) is 5.75 Å². The van der Waals surface area contributed by atoms with Crippen LogP contribution in [0.15, 0.2) is 67.3 Å². The van der Waals surface area contributed by atoms with E-state index in [-0.39, 0.29) is 11.9 Å². The third-order valence-corrected chi connectivity index (χ3v) is 4.07. The Balaban J connectivity index is 1.61. The van der Waals surface area contributed by atoms with Gasteiger partial charge < -0.3 is 14.6 Å². The molecule has 3 rings (SSSR count). The van der Waals surface area contributed by atoms with E-state index in [1.807, 2.05) is 66.2 Å². The summed E-state index contributed by atoms with van der Waals surface area (Å²) in [4.78, 5) is 16.3. The van der Waals surface area contributed by atoms with E-state index in [2.05, 4.69) is 10.3 Å². The molecule has 1 aromatic heterocycles. The molecular weight excluding hydrogens is 314 g/mol. The van der Waals surface area contributed by atoms with Crippen molar-refractivity contribution in [1.29, 1.82) is 0 Å². The number of amides is 1. The van der Waals surface area contributed by atoms with E-state index in [0.717, 1.165) is 22.6 Å². The highest BCUT2D eigenvalue weighted by atomic mass is 16.5. The predicted octanol–water partition coefficient (Wildman–Crippen LogP) is 3.30. The zero-order chi connectivity index (χ0) is 17.6. The van der Waals surface area contributed by atoms with Gasteiger partial charge in [-0.3, -0.25) is 4.79 Å². The maximum absolute atomic E-state index is 12.3. The first-order chi connectivity index (χ1) is 12.2. The van der Waals surface area contributed by atoms with Gasteiger partial charge in [0.05, 0.1) is 25.9 Å². The second-order valence-electron chi connectivity index (χ2n) is 5.88. The number of methoxy groups -OCH3 is 1. The van der Waals surface area contributed by atoms with E-state index in [4.69, 9.17) is 4.74 Å². The van der Waals surface area contributed by atoms with Gasteiger partial charge in [-0.15, -0.1) is 0 Å². The molecule has 1 N–H and O–H groups in total. The van der Waals surface area contributed by atoms with Gasteiger partial charge in [-0.2, -0.15) is 0 Å². The van der Waals surface area contributed by atoms with Gasteiger partial charge in [0.1, 0.15) is 5.75 Å². The predicted molar refractivity (Wildman–Crippen MR) is 96.8 cm³/mol. The van der Waals surface area contributed by atoms with E-state index in [1.54, 1.807) is 19.6 Å². The molecule has 0 spiro atoms. The molecule has 5 heteroatoms. The van der Waals surface area contributed by atoms with Gasteiger partial charge in [0.15, 0.2) is 0 Å². The molecule has 1 heterocycles. The maximum Gasteiger partial charge on any atom is 0.224 e. The molecule has 128 valence electrons. The summed E-state index contributed by atoms with van der Waals surface area (Å²) in [6, 6.07) is 15.6. The Bertz CT molecular complexity index is 826. The van der Waals surface area contributed by atoms with Crippen LogP contribution < -0.4 is 10.1 Å². The number of benzene rings is 2. The molecule has 1 unspecified atom stereocenters. The Morgan fingerprint density at radius 3 is 2.72 bits per heavy atom. The fourth-order valence-electron chi connectivity index (χ4n) is 2.69. The summed E-state index contributed by atoms with van der Waals surface area (Å²) >= 11 is 0. The third-order valence-electron chi connectivity index (χ3n) is 4.07. The molecule has 0 saturated heterocycles. The van der Waals surface area contributed by atoms with E-state index in [9.17, 15) is 4.79 Å². The van der Waals surface area contributed by atoms with Crippen LogP contribution in [0.1, 0.15) is 24.1 Å². The quantitative estimate of drug-likeness (QED) is 0.752. The minimum Gasteiger partial charge on any atom is -0.497 e. The summed E-state index contributed by atoms with van der Waals surface area (Å²) in [5.74, 6) is 0.743. The van der Waals surface area contributed by atoms with Crippen LogP contribution in [-0.4, -0.2) is 22.6 Å². The van der Waals surface area contributed by atoms with E-state index in [0.29, 0.717) is 6.42 Å². The summed E-state index contributed by atoms with van der Waals surface area (Å²) in [6.07, 6.45) is 5.73. The summed E-state index contributed by atoms with van der Waals surface area (Å²) in [6.45, 7) is 1.98. The molecular formula is C20H21N3O2. The summed E-state index contributed by atoms with van der Waals surface area (Å²) in [7, 11) is 1.62. The lowest BCUT2D eigenvalue weighted by Gasteiger charge is -2.15. The van der Waals surface area contributed by atoms with Gasteiger partial charge in [-0.1, -0.05) is 24.3 Å². The Kier molecular flexibility index (Phi) is 5.14. The number of nitrogens with one attached hydrogen (secondary N) is 1.